The van der Waals surface area contributed by atoms with Gasteiger partial charge in [0.2, 0.25) is 0 Å². The summed E-state index contributed by atoms with van der Waals surface area (Å²) in [5, 5.41) is 14.1. The van der Waals surface area contributed by atoms with Crippen LogP contribution in [0.15, 0.2) is 22.7 Å². The van der Waals surface area contributed by atoms with E-state index in [1.807, 2.05) is 6.92 Å². The predicted octanol–water partition coefficient (Wildman–Crippen LogP) is 4.35. The fourth-order valence-electron chi connectivity index (χ4n) is 1.63. The second kappa shape index (κ2) is 6.59. The molecule has 0 saturated carbocycles. The lowest BCUT2D eigenvalue weighted by molar-refractivity contribution is -0.384. The second-order valence-corrected chi connectivity index (χ2v) is 5.02. The van der Waals surface area contributed by atoms with E-state index >= 15 is 0 Å². The first-order valence-corrected chi connectivity index (χ1v) is 6.54. The van der Waals surface area contributed by atoms with E-state index in [1.54, 1.807) is 12.1 Å². The molecule has 0 amide bonds. The van der Waals surface area contributed by atoms with E-state index in [-0.39, 0.29) is 16.7 Å². The summed E-state index contributed by atoms with van der Waals surface area (Å²) in [6, 6.07) is 5.18. The number of hydrogen-bond acceptors (Lipinski definition) is 3. The topological polar surface area (TPSA) is 55.2 Å². The lowest BCUT2D eigenvalue weighted by Gasteiger charge is -2.15. The van der Waals surface area contributed by atoms with Gasteiger partial charge in [-0.1, -0.05) is 35.7 Å². The zero-order valence-corrected chi connectivity index (χ0v) is 11.7. The molecule has 1 aromatic carbocycles. The molecule has 1 unspecified atom stereocenters. The van der Waals surface area contributed by atoms with Crippen molar-refractivity contribution in [3.05, 3.63) is 32.8 Å². The number of unbranched alkanes of at least 4 members (excludes halogenated alkanes) is 1. The van der Waals surface area contributed by atoms with Crippen molar-refractivity contribution in [2.75, 3.05) is 5.32 Å². The Morgan fingerprint density at radius 1 is 1.53 bits per heavy atom. The Balaban J connectivity index is 2.81. The van der Waals surface area contributed by atoms with Crippen LogP contribution in [0.5, 0.6) is 0 Å². The minimum absolute atomic E-state index is 0.122. The first kappa shape index (κ1) is 14.0. The molecular weight excluding hydrogens is 284 g/mol. The zero-order chi connectivity index (χ0) is 12.8. The van der Waals surface area contributed by atoms with Crippen molar-refractivity contribution < 1.29 is 4.92 Å². The van der Waals surface area contributed by atoms with Crippen LogP contribution in [-0.2, 0) is 0 Å². The average molecular weight is 301 g/mol. The van der Waals surface area contributed by atoms with Gasteiger partial charge >= 0.3 is 0 Å². The van der Waals surface area contributed by atoms with E-state index in [2.05, 4.69) is 28.2 Å². The van der Waals surface area contributed by atoms with Crippen molar-refractivity contribution in [1.82, 2.24) is 0 Å². The highest BCUT2D eigenvalue weighted by Gasteiger charge is 2.15. The van der Waals surface area contributed by atoms with Crippen LogP contribution < -0.4 is 5.32 Å². The smallest absolute Gasteiger partial charge is 0.292 e. The maximum atomic E-state index is 10.9. The quantitative estimate of drug-likeness (QED) is 0.628. The number of nitrogens with zero attached hydrogens (tertiary/aromatic N) is 1. The molecule has 4 nitrogen and oxygen atoms in total. The van der Waals surface area contributed by atoms with Gasteiger partial charge in [0, 0.05) is 16.6 Å². The number of hydrogen-bond donors (Lipinski definition) is 1. The van der Waals surface area contributed by atoms with Gasteiger partial charge in [-0.25, -0.2) is 0 Å². The summed E-state index contributed by atoms with van der Waals surface area (Å²) in [6.07, 6.45) is 3.27. The molecule has 5 heteroatoms. The predicted molar refractivity (Wildman–Crippen MR) is 73.4 cm³/mol. The van der Waals surface area contributed by atoms with Crippen LogP contribution in [0.2, 0.25) is 0 Å². The lowest BCUT2D eigenvalue weighted by atomic mass is 10.1. The van der Waals surface area contributed by atoms with Crippen LogP contribution in [0.3, 0.4) is 0 Å². The SMILES string of the molecule is CCCCC(C)Nc1cc(Br)ccc1[N+](=O)[O-]. The van der Waals surface area contributed by atoms with Crippen molar-refractivity contribution in [3.8, 4) is 0 Å². The van der Waals surface area contributed by atoms with Gasteiger partial charge in [0.1, 0.15) is 5.69 Å². The number of rotatable bonds is 6. The second-order valence-electron chi connectivity index (χ2n) is 4.11. The molecule has 0 fully saturated rings. The van der Waals surface area contributed by atoms with Crippen molar-refractivity contribution in [3.63, 3.8) is 0 Å². The van der Waals surface area contributed by atoms with Crippen molar-refractivity contribution in [1.29, 1.82) is 0 Å². The average Bonchev–Trinajstić information content (AvgIpc) is 2.26. The van der Waals surface area contributed by atoms with Gasteiger partial charge in [-0.15, -0.1) is 0 Å². The Morgan fingerprint density at radius 3 is 2.82 bits per heavy atom. The molecule has 17 heavy (non-hydrogen) atoms. The highest BCUT2D eigenvalue weighted by molar-refractivity contribution is 9.10. The van der Waals surface area contributed by atoms with Crippen LogP contribution in [0.1, 0.15) is 33.1 Å². The van der Waals surface area contributed by atoms with E-state index in [0.717, 1.165) is 23.7 Å². The van der Waals surface area contributed by atoms with Crippen LogP contribution in [0, 0.1) is 10.1 Å². The summed E-state index contributed by atoms with van der Waals surface area (Å²) < 4.78 is 0.841. The summed E-state index contributed by atoms with van der Waals surface area (Å²) in [5.74, 6) is 0. The van der Waals surface area contributed by atoms with Crippen molar-refractivity contribution >= 4 is 27.3 Å². The molecule has 0 heterocycles. The third kappa shape index (κ3) is 4.34. The zero-order valence-electron chi connectivity index (χ0n) is 10.1. The molecular formula is C12H17BrN2O2. The molecule has 0 aliphatic heterocycles. The minimum atomic E-state index is -0.360. The summed E-state index contributed by atoms with van der Waals surface area (Å²) >= 11 is 3.33. The maximum Gasteiger partial charge on any atom is 0.292 e. The molecule has 1 atom stereocenters. The molecule has 1 aromatic rings. The summed E-state index contributed by atoms with van der Waals surface area (Å²) in [7, 11) is 0. The van der Waals surface area contributed by atoms with E-state index < -0.39 is 0 Å². The fraction of sp³-hybridized carbons (Fsp3) is 0.500. The third-order valence-electron chi connectivity index (χ3n) is 2.55. The van der Waals surface area contributed by atoms with Gasteiger partial charge in [0.15, 0.2) is 0 Å². The van der Waals surface area contributed by atoms with E-state index in [9.17, 15) is 10.1 Å². The van der Waals surface area contributed by atoms with Gasteiger partial charge in [0.05, 0.1) is 4.92 Å². The number of benzene rings is 1. The molecule has 0 aliphatic rings. The van der Waals surface area contributed by atoms with Gasteiger partial charge < -0.3 is 5.32 Å². The molecule has 0 aliphatic carbocycles. The minimum Gasteiger partial charge on any atom is -0.377 e. The Labute approximate surface area is 110 Å². The highest BCUT2D eigenvalue weighted by atomic mass is 79.9. The van der Waals surface area contributed by atoms with Gasteiger partial charge in [-0.05, 0) is 25.5 Å². The van der Waals surface area contributed by atoms with Gasteiger partial charge in [0.25, 0.3) is 5.69 Å². The molecule has 0 saturated heterocycles. The Bertz CT molecular complexity index is 396. The molecule has 0 spiro atoms. The number of halogens is 1. The Morgan fingerprint density at radius 2 is 2.24 bits per heavy atom. The first-order chi connectivity index (χ1) is 8.04. The summed E-state index contributed by atoms with van der Waals surface area (Å²) in [6.45, 7) is 4.18. The van der Waals surface area contributed by atoms with Gasteiger partial charge in [-0.3, -0.25) is 10.1 Å². The first-order valence-electron chi connectivity index (χ1n) is 5.75. The molecule has 0 bridgehead atoms. The number of anilines is 1. The fourth-order valence-corrected chi connectivity index (χ4v) is 1.99. The van der Waals surface area contributed by atoms with Gasteiger partial charge in [-0.2, -0.15) is 0 Å². The van der Waals surface area contributed by atoms with E-state index in [4.69, 9.17) is 0 Å². The standard InChI is InChI=1S/C12H17BrN2O2/c1-3-4-5-9(2)14-11-8-10(13)6-7-12(11)15(16)17/h6-9,14H,3-5H2,1-2H3. The monoisotopic (exact) mass is 300 g/mol. The lowest BCUT2D eigenvalue weighted by Crippen LogP contribution is -2.15. The normalized spacial score (nSPS) is 12.2. The highest BCUT2D eigenvalue weighted by Crippen LogP contribution is 2.28. The molecule has 94 valence electrons. The van der Waals surface area contributed by atoms with E-state index in [1.165, 1.54) is 6.07 Å². The molecule has 0 aromatic heterocycles. The number of nitro groups is 1. The van der Waals surface area contributed by atoms with Crippen LogP contribution in [-0.4, -0.2) is 11.0 Å². The number of nitrogens with one attached hydrogen (secondary N) is 1. The molecule has 0 radical (unpaired) electrons. The van der Waals surface area contributed by atoms with Crippen molar-refractivity contribution in [2.45, 2.75) is 39.2 Å². The van der Waals surface area contributed by atoms with Crippen LogP contribution >= 0.6 is 15.9 Å². The van der Waals surface area contributed by atoms with E-state index in [0.29, 0.717) is 5.69 Å². The maximum absolute atomic E-state index is 10.9. The number of nitro benzene ring substituents is 1. The van der Waals surface area contributed by atoms with Crippen molar-refractivity contribution in [2.24, 2.45) is 0 Å². The third-order valence-corrected chi connectivity index (χ3v) is 3.04. The molecule has 1 rings (SSSR count). The van der Waals surface area contributed by atoms with Crippen LogP contribution in [0.4, 0.5) is 11.4 Å². The Kier molecular flexibility index (Phi) is 5.41. The summed E-state index contributed by atoms with van der Waals surface area (Å²) in [4.78, 5) is 10.5. The van der Waals surface area contributed by atoms with Crippen LogP contribution in [0.25, 0.3) is 0 Å². The summed E-state index contributed by atoms with van der Waals surface area (Å²) in [5.41, 5.74) is 0.699. The largest absolute Gasteiger partial charge is 0.377 e. The molecule has 1 N–H and O–H groups in total. The Hall–Kier alpha value is -1.10.